The first kappa shape index (κ1) is 14.0. The zero-order chi connectivity index (χ0) is 13.1. The van der Waals surface area contributed by atoms with E-state index in [9.17, 15) is 8.42 Å². The first-order valence-corrected chi connectivity index (χ1v) is 7.01. The first-order chi connectivity index (χ1) is 7.90. The Balaban J connectivity index is 3.19. The minimum atomic E-state index is -3.62. The van der Waals surface area contributed by atoms with Crippen molar-refractivity contribution in [3.05, 3.63) is 29.3 Å². The van der Waals surface area contributed by atoms with E-state index in [1.807, 2.05) is 6.07 Å². The number of halogens is 1. The van der Waals surface area contributed by atoms with Crippen molar-refractivity contribution < 1.29 is 8.42 Å². The van der Waals surface area contributed by atoms with Gasteiger partial charge in [-0.2, -0.15) is 5.26 Å². The molecular formula is C11H13ClN2O2S. The van der Waals surface area contributed by atoms with Crippen molar-refractivity contribution >= 4 is 21.6 Å². The average Bonchev–Trinajstić information content (AvgIpc) is 2.28. The minimum Gasteiger partial charge on any atom is -0.207 e. The quantitative estimate of drug-likeness (QED) is 0.850. The zero-order valence-corrected chi connectivity index (χ0v) is 11.1. The Labute approximate surface area is 106 Å². The fourth-order valence-electron chi connectivity index (χ4n) is 1.32. The summed E-state index contributed by atoms with van der Waals surface area (Å²) in [5, 5.41) is 8.76. The SMILES string of the molecule is Cc1ccc(C#N)cc1S(=O)(=O)NC(C)CCl. The van der Waals surface area contributed by atoms with Crippen molar-refractivity contribution in [3.63, 3.8) is 0 Å². The highest BCUT2D eigenvalue weighted by Gasteiger charge is 2.19. The molecule has 1 unspecified atom stereocenters. The molecule has 0 fully saturated rings. The summed E-state index contributed by atoms with van der Waals surface area (Å²) in [5.41, 5.74) is 0.910. The Hall–Kier alpha value is -1.09. The van der Waals surface area contributed by atoms with Gasteiger partial charge in [-0.15, -0.1) is 11.6 Å². The van der Waals surface area contributed by atoms with E-state index in [2.05, 4.69) is 4.72 Å². The fourth-order valence-corrected chi connectivity index (χ4v) is 3.00. The number of rotatable bonds is 4. The Morgan fingerprint density at radius 1 is 1.53 bits per heavy atom. The number of hydrogen-bond acceptors (Lipinski definition) is 3. The van der Waals surface area contributed by atoms with Crippen LogP contribution in [0.2, 0.25) is 0 Å². The van der Waals surface area contributed by atoms with E-state index >= 15 is 0 Å². The van der Waals surface area contributed by atoms with Gasteiger partial charge in [-0.25, -0.2) is 13.1 Å². The molecule has 0 radical (unpaired) electrons. The molecule has 1 aromatic rings. The number of sulfonamides is 1. The summed E-state index contributed by atoms with van der Waals surface area (Å²) in [6.07, 6.45) is 0. The van der Waals surface area contributed by atoms with Gasteiger partial charge in [0.1, 0.15) is 0 Å². The molecule has 0 bridgehead atoms. The normalized spacial score (nSPS) is 13.1. The van der Waals surface area contributed by atoms with Crippen LogP contribution in [0.4, 0.5) is 0 Å². The number of alkyl halides is 1. The predicted molar refractivity (Wildman–Crippen MR) is 66.4 cm³/mol. The minimum absolute atomic E-state index is 0.119. The molecule has 0 aliphatic rings. The second-order valence-electron chi connectivity index (χ2n) is 3.77. The van der Waals surface area contributed by atoms with E-state index in [4.69, 9.17) is 16.9 Å². The van der Waals surface area contributed by atoms with Crippen LogP contribution in [0.1, 0.15) is 18.1 Å². The third-order valence-electron chi connectivity index (χ3n) is 2.19. The number of nitriles is 1. The average molecular weight is 273 g/mol. The van der Waals surface area contributed by atoms with Crippen LogP contribution >= 0.6 is 11.6 Å². The predicted octanol–water partition coefficient (Wildman–Crippen LogP) is 1.77. The molecule has 1 atom stereocenters. The maximum atomic E-state index is 12.0. The molecular weight excluding hydrogens is 260 g/mol. The topological polar surface area (TPSA) is 70.0 Å². The highest BCUT2D eigenvalue weighted by molar-refractivity contribution is 7.89. The molecule has 0 aliphatic heterocycles. The van der Waals surface area contributed by atoms with Gasteiger partial charge in [0.05, 0.1) is 16.5 Å². The second kappa shape index (κ2) is 5.50. The van der Waals surface area contributed by atoms with Gasteiger partial charge in [-0.1, -0.05) is 6.07 Å². The zero-order valence-electron chi connectivity index (χ0n) is 9.57. The van der Waals surface area contributed by atoms with E-state index in [-0.39, 0.29) is 16.8 Å². The molecule has 6 heteroatoms. The number of benzene rings is 1. The van der Waals surface area contributed by atoms with Gasteiger partial charge in [0.2, 0.25) is 10.0 Å². The summed E-state index contributed by atoms with van der Waals surface area (Å²) >= 11 is 5.56. The molecule has 1 N–H and O–H groups in total. The van der Waals surface area contributed by atoms with Gasteiger partial charge < -0.3 is 0 Å². The van der Waals surface area contributed by atoms with Crippen molar-refractivity contribution in [2.45, 2.75) is 24.8 Å². The van der Waals surface area contributed by atoms with Crippen LogP contribution in [0.15, 0.2) is 23.1 Å². The molecule has 0 saturated heterocycles. The van der Waals surface area contributed by atoms with E-state index in [1.54, 1.807) is 26.0 Å². The molecule has 4 nitrogen and oxygen atoms in total. The highest BCUT2D eigenvalue weighted by atomic mass is 35.5. The molecule has 0 saturated carbocycles. The monoisotopic (exact) mass is 272 g/mol. The van der Waals surface area contributed by atoms with E-state index < -0.39 is 10.0 Å². The van der Waals surface area contributed by atoms with Crippen LogP contribution in [0.25, 0.3) is 0 Å². The summed E-state index contributed by atoms with van der Waals surface area (Å²) in [4.78, 5) is 0.119. The molecule has 0 spiro atoms. The largest absolute Gasteiger partial charge is 0.241 e. The van der Waals surface area contributed by atoms with E-state index in [0.717, 1.165) is 0 Å². The lowest BCUT2D eigenvalue weighted by atomic mass is 10.2. The van der Waals surface area contributed by atoms with Gasteiger partial charge in [-0.3, -0.25) is 0 Å². The maximum absolute atomic E-state index is 12.0. The Bertz CT molecular complexity index is 549. The van der Waals surface area contributed by atoms with E-state index in [0.29, 0.717) is 11.1 Å². The molecule has 92 valence electrons. The lowest BCUT2D eigenvalue weighted by Crippen LogP contribution is -2.34. The molecule has 17 heavy (non-hydrogen) atoms. The second-order valence-corrected chi connectivity index (χ2v) is 5.76. The van der Waals surface area contributed by atoms with Gasteiger partial charge in [-0.05, 0) is 31.5 Å². The molecule has 0 amide bonds. The molecule has 1 rings (SSSR count). The lowest BCUT2D eigenvalue weighted by molar-refractivity contribution is 0.570. The van der Waals surface area contributed by atoms with Crippen molar-refractivity contribution in [1.29, 1.82) is 5.26 Å². The molecule has 0 heterocycles. The Kier molecular flexibility index (Phi) is 4.52. The van der Waals surface area contributed by atoms with Gasteiger partial charge in [0, 0.05) is 11.9 Å². The summed E-state index contributed by atoms with van der Waals surface area (Å²) in [6.45, 7) is 3.36. The summed E-state index contributed by atoms with van der Waals surface area (Å²) in [7, 11) is -3.62. The highest BCUT2D eigenvalue weighted by Crippen LogP contribution is 2.17. The van der Waals surface area contributed by atoms with Crippen molar-refractivity contribution in [1.82, 2.24) is 4.72 Å². The summed E-state index contributed by atoms with van der Waals surface area (Å²) in [6, 6.07) is 6.11. The number of nitrogens with zero attached hydrogens (tertiary/aromatic N) is 1. The summed E-state index contributed by atoms with van der Waals surface area (Å²) < 4.78 is 26.5. The Morgan fingerprint density at radius 2 is 2.18 bits per heavy atom. The Morgan fingerprint density at radius 3 is 2.71 bits per heavy atom. The van der Waals surface area contributed by atoms with Gasteiger partial charge in [0.25, 0.3) is 0 Å². The van der Waals surface area contributed by atoms with Crippen LogP contribution < -0.4 is 4.72 Å². The molecule has 0 aliphatic carbocycles. The third kappa shape index (κ3) is 3.43. The van der Waals surface area contributed by atoms with Crippen LogP contribution in [0.3, 0.4) is 0 Å². The third-order valence-corrected chi connectivity index (χ3v) is 4.39. The van der Waals surface area contributed by atoms with Crippen molar-refractivity contribution in [2.75, 3.05) is 5.88 Å². The van der Waals surface area contributed by atoms with Crippen LogP contribution in [0.5, 0.6) is 0 Å². The first-order valence-electron chi connectivity index (χ1n) is 4.99. The van der Waals surface area contributed by atoms with Gasteiger partial charge in [0.15, 0.2) is 0 Å². The number of hydrogen-bond donors (Lipinski definition) is 1. The van der Waals surface area contributed by atoms with Crippen LogP contribution in [0, 0.1) is 18.3 Å². The van der Waals surface area contributed by atoms with E-state index in [1.165, 1.54) is 6.07 Å². The van der Waals surface area contributed by atoms with Gasteiger partial charge >= 0.3 is 0 Å². The maximum Gasteiger partial charge on any atom is 0.241 e. The fraction of sp³-hybridized carbons (Fsp3) is 0.364. The number of aryl methyl sites for hydroxylation is 1. The lowest BCUT2D eigenvalue weighted by Gasteiger charge is -2.13. The van der Waals surface area contributed by atoms with Crippen molar-refractivity contribution in [2.24, 2.45) is 0 Å². The van der Waals surface area contributed by atoms with Crippen LogP contribution in [-0.4, -0.2) is 20.3 Å². The standard InChI is InChI=1S/C11H13ClN2O2S/c1-8-3-4-10(7-13)5-11(8)17(15,16)14-9(2)6-12/h3-5,9,14H,6H2,1-2H3. The summed E-state index contributed by atoms with van der Waals surface area (Å²) in [5.74, 6) is 0.191. The van der Waals surface area contributed by atoms with Crippen LogP contribution in [-0.2, 0) is 10.0 Å². The molecule has 0 aromatic heterocycles. The smallest absolute Gasteiger partial charge is 0.207 e. The van der Waals surface area contributed by atoms with Crippen molar-refractivity contribution in [3.8, 4) is 6.07 Å². The molecule has 1 aromatic carbocycles. The number of nitrogens with one attached hydrogen (secondary N) is 1.